The van der Waals surface area contributed by atoms with Gasteiger partial charge in [-0.3, -0.25) is 0 Å². The first kappa shape index (κ1) is 47.6. The highest BCUT2D eigenvalue weighted by Crippen LogP contribution is 2.57. The van der Waals surface area contributed by atoms with Crippen molar-refractivity contribution >= 4 is 0 Å². The first-order valence-electron chi connectivity index (χ1n) is 26.4. The molecule has 3 nitrogen and oxygen atoms in total. The molecule has 0 saturated carbocycles. The Kier molecular flexibility index (Phi) is 15.4. The molecular weight excluding hydrogens is 835 g/mol. The van der Waals surface area contributed by atoms with Crippen LogP contribution in [0.25, 0.3) is 56.4 Å². The summed E-state index contributed by atoms with van der Waals surface area (Å²) in [6, 6.07) is 59.8. The van der Waals surface area contributed by atoms with Crippen LogP contribution in [-0.4, -0.2) is 15.0 Å². The molecule has 0 fully saturated rings. The van der Waals surface area contributed by atoms with Crippen molar-refractivity contribution in [1.29, 1.82) is 0 Å². The largest absolute Gasteiger partial charge is 0.208 e. The van der Waals surface area contributed by atoms with Crippen LogP contribution in [0.3, 0.4) is 0 Å². The van der Waals surface area contributed by atoms with Crippen molar-refractivity contribution in [2.45, 2.75) is 136 Å². The number of hydrogen-bond acceptors (Lipinski definition) is 3. The average Bonchev–Trinajstić information content (AvgIpc) is 3.67. The third kappa shape index (κ3) is 10.6. The molecular formula is C66H71N3. The van der Waals surface area contributed by atoms with Crippen LogP contribution >= 0.6 is 0 Å². The maximum atomic E-state index is 5.14. The zero-order valence-corrected chi connectivity index (χ0v) is 42.0. The Labute approximate surface area is 413 Å². The van der Waals surface area contributed by atoms with Crippen molar-refractivity contribution in [2.24, 2.45) is 0 Å². The quantitative estimate of drug-likeness (QED) is 0.0674. The van der Waals surface area contributed by atoms with E-state index < -0.39 is 5.41 Å². The van der Waals surface area contributed by atoms with Gasteiger partial charge in [0.1, 0.15) is 0 Å². The van der Waals surface area contributed by atoms with E-state index in [1.807, 2.05) is 0 Å². The van der Waals surface area contributed by atoms with Gasteiger partial charge in [-0.15, -0.1) is 0 Å². The first-order chi connectivity index (χ1) is 33.9. The van der Waals surface area contributed by atoms with Crippen LogP contribution in [0.5, 0.6) is 0 Å². The van der Waals surface area contributed by atoms with E-state index in [1.165, 1.54) is 144 Å². The molecule has 0 N–H and O–H groups in total. The molecule has 9 rings (SSSR count). The van der Waals surface area contributed by atoms with Crippen molar-refractivity contribution in [3.63, 3.8) is 0 Å². The van der Waals surface area contributed by atoms with Gasteiger partial charge in [0.15, 0.2) is 17.5 Å². The van der Waals surface area contributed by atoms with Crippen LogP contribution < -0.4 is 0 Å². The fourth-order valence-electron chi connectivity index (χ4n) is 10.6. The molecule has 0 atom stereocenters. The van der Waals surface area contributed by atoms with E-state index in [2.05, 4.69) is 192 Å². The number of unbranched alkanes of at least 4 members (excludes halogenated alkanes) is 9. The molecule has 0 saturated heterocycles. The van der Waals surface area contributed by atoms with Crippen LogP contribution in [0.15, 0.2) is 158 Å². The summed E-state index contributed by atoms with van der Waals surface area (Å²) >= 11 is 0. The zero-order valence-electron chi connectivity index (χ0n) is 42.0. The lowest BCUT2D eigenvalue weighted by Crippen LogP contribution is -2.28. The molecule has 0 unspecified atom stereocenters. The van der Waals surface area contributed by atoms with E-state index in [0.29, 0.717) is 17.5 Å². The normalized spacial score (nSPS) is 12.5. The number of hydrogen-bond donors (Lipinski definition) is 0. The van der Waals surface area contributed by atoms with Crippen LogP contribution in [0.1, 0.15) is 148 Å². The predicted molar refractivity (Wildman–Crippen MR) is 292 cm³/mol. The smallest absolute Gasteiger partial charge is 0.164 e. The fraction of sp³-hybridized carbons (Fsp3) is 0.318. The summed E-state index contributed by atoms with van der Waals surface area (Å²) in [6.07, 6.45) is 18.5. The molecule has 1 aromatic heterocycles. The third-order valence-electron chi connectivity index (χ3n) is 14.7. The third-order valence-corrected chi connectivity index (χ3v) is 14.7. The summed E-state index contributed by atoms with van der Waals surface area (Å²) in [5, 5.41) is 0. The number of rotatable bonds is 21. The zero-order chi connectivity index (χ0) is 47.6. The van der Waals surface area contributed by atoms with Gasteiger partial charge in [0.25, 0.3) is 0 Å². The first-order valence-corrected chi connectivity index (χ1v) is 26.4. The molecule has 69 heavy (non-hydrogen) atoms. The molecule has 8 aromatic rings. The minimum atomic E-state index is -0.477. The maximum Gasteiger partial charge on any atom is 0.164 e. The Balaban J connectivity index is 1.10. The second kappa shape index (κ2) is 22.3. The lowest BCUT2D eigenvalue weighted by molar-refractivity contribution is 0.666. The molecule has 1 heterocycles. The van der Waals surface area contributed by atoms with Gasteiger partial charge in [0.2, 0.25) is 0 Å². The Morgan fingerprint density at radius 3 is 1.12 bits per heavy atom. The van der Waals surface area contributed by atoms with Gasteiger partial charge in [-0.25, -0.2) is 15.0 Å². The van der Waals surface area contributed by atoms with Crippen LogP contribution in [0, 0.1) is 13.8 Å². The lowest BCUT2D eigenvalue weighted by atomic mass is 9.67. The van der Waals surface area contributed by atoms with Gasteiger partial charge in [-0.2, -0.15) is 0 Å². The molecule has 0 radical (unpaired) electrons. The van der Waals surface area contributed by atoms with Gasteiger partial charge < -0.3 is 0 Å². The molecule has 7 aromatic carbocycles. The van der Waals surface area contributed by atoms with Gasteiger partial charge in [0.05, 0.1) is 5.41 Å². The Hall–Kier alpha value is -6.45. The second-order valence-corrected chi connectivity index (χ2v) is 19.8. The van der Waals surface area contributed by atoms with Crippen molar-refractivity contribution < 1.29 is 0 Å². The number of fused-ring (bicyclic) bond motifs is 3. The number of benzene rings is 7. The highest BCUT2D eigenvalue weighted by Gasteiger charge is 2.46. The van der Waals surface area contributed by atoms with E-state index in [9.17, 15) is 0 Å². The minimum Gasteiger partial charge on any atom is -0.208 e. The molecule has 3 heteroatoms. The van der Waals surface area contributed by atoms with Gasteiger partial charge in [0, 0.05) is 16.7 Å². The Morgan fingerprint density at radius 2 is 0.667 bits per heavy atom. The van der Waals surface area contributed by atoms with Gasteiger partial charge in [-0.05, 0) is 120 Å². The Morgan fingerprint density at radius 1 is 0.319 bits per heavy atom. The average molecular weight is 906 g/mol. The van der Waals surface area contributed by atoms with Gasteiger partial charge >= 0.3 is 0 Å². The molecule has 0 amide bonds. The number of aryl methyl sites for hydroxylation is 5. The van der Waals surface area contributed by atoms with E-state index >= 15 is 0 Å². The summed E-state index contributed by atoms with van der Waals surface area (Å²) < 4.78 is 0. The van der Waals surface area contributed by atoms with E-state index in [4.69, 9.17) is 15.0 Å². The topological polar surface area (TPSA) is 38.7 Å². The summed E-state index contributed by atoms with van der Waals surface area (Å²) in [7, 11) is 0. The minimum absolute atomic E-state index is 0.477. The van der Waals surface area contributed by atoms with E-state index in [0.717, 1.165) is 41.5 Å². The molecule has 0 aliphatic heterocycles. The SMILES string of the molecule is CCCCCCc1ccc(-c2nc(-c3ccc(C)cc3)nc(-c3ccc(-c4ccc5c(c4)C(c4ccc(CCCCCC)cc4)(c4ccc(CCCCCC)cc4)c4cc(C)ccc4-5)cc3)n2)cc1. The Bertz CT molecular complexity index is 2870. The van der Waals surface area contributed by atoms with Gasteiger partial charge in [-0.1, -0.05) is 241 Å². The van der Waals surface area contributed by atoms with E-state index in [-0.39, 0.29) is 0 Å². The lowest BCUT2D eigenvalue weighted by Gasteiger charge is -2.34. The standard InChI is InChI=1S/C66H71N3/c1-6-9-12-15-18-49-24-32-54(33-25-49)64-67-63(53-30-21-47(4)22-31-53)68-65(69-64)55-36-34-52(35-37-55)56-38-44-60-59-43-23-48(5)45-61(59)66(62(60)46-56,57-39-26-50(27-40-57)19-16-13-10-7-2)58-41-28-51(29-42-58)20-17-14-11-8-3/h21-46H,6-20H2,1-5H3. The maximum absolute atomic E-state index is 5.14. The highest BCUT2D eigenvalue weighted by atomic mass is 15.0. The highest BCUT2D eigenvalue weighted by molar-refractivity contribution is 5.89. The van der Waals surface area contributed by atoms with Crippen molar-refractivity contribution in [3.8, 4) is 56.4 Å². The number of nitrogens with zero attached hydrogens (tertiary/aromatic N) is 3. The monoisotopic (exact) mass is 906 g/mol. The summed E-state index contributed by atoms with van der Waals surface area (Å²) in [5.74, 6) is 2.05. The molecule has 1 aliphatic carbocycles. The summed E-state index contributed by atoms with van der Waals surface area (Å²) in [6.45, 7) is 11.2. The molecule has 350 valence electrons. The predicted octanol–water partition coefficient (Wildman–Crippen LogP) is 17.9. The second-order valence-electron chi connectivity index (χ2n) is 19.8. The van der Waals surface area contributed by atoms with Crippen LogP contribution in [0.2, 0.25) is 0 Å². The fourth-order valence-corrected chi connectivity index (χ4v) is 10.6. The van der Waals surface area contributed by atoms with E-state index in [1.54, 1.807) is 0 Å². The molecule has 1 aliphatic rings. The van der Waals surface area contributed by atoms with Crippen LogP contribution in [0.4, 0.5) is 0 Å². The molecule has 0 bridgehead atoms. The molecule has 0 spiro atoms. The summed E-state index contributed by atoms with van der Waals surface area (Å²) in [5.41, 5.74) is 19.5. The van der Waals surface area contributed by atoms with Crippen molar-refractivity contribution in [1.82, 2.24) is 15.0 Å². The number of aromatic nitrogens is 3. The van der Waals surface area contributed by atoms with Crippen molar-refractivity contribution in [2.75, 3.05) is 0 Å². The van der Waals surface area contributed by atoms with Crippen LogP contribution in [-0.2, 0) is 24.7 Å². The van der Waals surface area contributed by atoms with Crippen molar-refractivity contribution in [3.05, 3.63) is 208 Å². The summed E-state index contributed by atoms with van der Waals surface area (Å²) in [4.78, 5) is 15.3.